The summed E-state index contributed by atoms with van der Waals surface area (Å²) in [6.45, 7) is 3.12. The molecule has 0 saturated carbocycles. The van der Waals surface area contributed by atoms with Crippen LogP contribution in [0.25, 0.3) is 10.9 Å². The Hall–Kier alpha value is -3.83. The third-order valence-electron chi connectivity index (χ3n) is 7.02. The molecule has 0 spiro atoms. The lowest BCUT2D eigenvalue weighted by molar-refractivity contribution is -0.0339. The number of carbonyl (C=O) groups excluding carboxylic acids is 2. The number of ether oxygens (including phenoxy) is 1. The van der Waals surface area contributed by atoms with Gasteiger partial charge in [0.1, 0.15) is 24.6 Å². The zero-order valence-electron chi connectivity index (χ0n) is 21.3. The fourth-order valence-corrected chi connectivity index (χ4v) is 5.61. The second-order valence-corrected chi connectivity index (χ2v) is 11.2. The molecular weight excluding hydrogens is 520 g/mol. The number of aromatic nitrogens is 1. The van der Waals surface area contributed by atoms with Crippen LogP contribution in [0.3, 0.4) is 0 Å². The van der Waals surface area contributed by atoms with Gasteiger partial charge in [0.2, 0.25) is 0 Å². The minimum atomic E-state index is -1.71. The predicted octanol–water partition coefficient (Wildman–Crippen LogP) is 2.58. The minimum Gasteiger partial charge on any atom is -0.491 e. The van der Waals surface area contributed by atoms with Crippen molar-refractivity contribution in [2.75, 3.05) is 13.2 Å². The highest BCUT2D eigenvalue weighted by molar-refractivity contribution is 7.83. The van der Waals surface area contributed by atoms with Crippen molar-refractivity contribution in [3.63, 3.8) is 0 Å². The van der Waals surface area contributed by atoms with Gasteiger partial charge in [-0.2, -0.15) is 0 Å². The fourth-order valence-electron chi connectivity index (χ4n) is 4.80. The van der Waals surface area contributed by atoms with E-state index < -0.39 is 41.1 Å². The monoisotopic (exact) mass is 548 g/mol. The van der Waals surface area contributed by atoms with Gasteiger partial charge in [0.15, 0.2) is 16.8 Å². The van der Waals surface area contributed by atoms with E-state index in [1.165, 1.54) is 0 Å². The summed E-state index contributed by atoms with van der Waals surface area (Å²) in [5, 5.41) is 29.2. The van der Waals surface area contributed by atoms with E-state index in [1.807, 2.05) is 13.8 Å². The molecule has 10 heteroatoms. The third kappa shape index (κ3) is 4.87. The number of amides is 1. The third-order valence-corrected chi connectivity index (χ3v) is 8.09. The highest BCUT2D eigenvalue weighted by Crippen LogP contribution is 2.44. The van der Waals surface area contributed by atoms with Crippen LogP contribution in [0.2, 0.25) is 0 Å². The van der Waals surface area contributed by atoms with Crippen LogP contribution in [0.4, 0.5) is 0 Å². The van der Waals surface area contributed by atoms with Crippen molar-refractivity contribution in [1.29, 1.82) is 0 Å². The number of fused-ring (bicyclic) bond motifs is 4. The highest BCUT2D eigenvalue weighted by atomic mass is 32.2. The van der Waals surface area contributed by atoms with E-state index in [-0.39, 0.29) is 12.4 Å². The smallest absolute Gasteiger partial charge is 0.263 e. The summed E-state index contributed by atoms with van der Waals surface area (Å²) in [4.78, 5) is 30.3. The number of rotatable bonds is 8. The lowest BCUT2D eigenvalue weighted by atomic mass is 9.71. The van der Waals surface area contributed by atoms with E-state index in [1.54, 1.807) is 66.7 Å². The van der Waals surface area contributed by atoms with Crippen LogP contribution in [0.15, 0.2) is 71.6 Å². The maximum atomic E-state index is 13.6. The lowest BCUT2D eigenvalue weighted by Crippen LogP contribution is -2.34. The van der Waals surface area contributed by atoms with Crippen molar-refractivity contribution in [3.8, 4) is 5.75 Å². The standard InChI is InChI=1S/C29H28N2O7S/c1-29(2)21-13-17(38-15-24(34)23(33)14-32)9-11-19(21)26(35)25-20-10-8-16(12-22(20)30-27(25)29)28(36)31-39(37)18-6-4-3-5-7-18/h3-13,23-24,30,32-34H,14-15H2,1-2H3,(H,31,36)/t23-,24-,39?/m1/s1. The first-order valence-electron chi connectivity index (χ1n) is 12.3. The molecule has 0 aliphatic heterocycles. The van der Waals surface area contributed by atoms with Crippen LogP contribution < -0.4 is 9.46 Å². The Morgan fingerprint density at radius 1 is 1.05 bits per heavy atom. The van der Waals surface area contributed by atoms with Crippen molar-refractivity contribution in [3.05, 3.63) is 94.7 Å². The molecule has 1 aliphatic rings. The summed E-state index contributed by atoms with van der Waals surface area (Å²) < 4.78 is 20.7. The maximum absolute atomic E-state index is 13.6. The number of carbonyl (C=O) groups is 2. The SMILES string of the molecule is CC1(C)c2cc(OC[C@@H](O)[C@H](O)CO)ccc2C(=O)c2c1[nH]c1cc(C(=O)NS(=O)c3ccccc3)ccc21. The number of ketones is 1. The predicted molar refractivity (Wildman–Crippen MR) is 145 cm³/mol. The van der Waals surface area contributed by atoms with Crippen LogP contribution >= 0.6 is 0 Å². The Bertz CT molecular complexity index is 1600. The summed E-state index contributed by atoms with van der Waals surface area (Å²) in [5.74, 6) is -0.269. The van der Waals surface area contributed by atoms with Crippen molar-refractivity contribution in [2.24, 2.45) is 0 Å². The molecule has 3 atom stereocenters. The number of nitrogens with one attached hydrogen (secondary N) is 2. The molecule has 9 nitrogen and oxygen atoms in total. The molecule has 1 aromatic heterocycles. The molecule has 1 amide bonds. The van der Waals surface area contributed by atoms with Crippen LogP contribution in [0.5, 0.6) is 5.75 Å². The number of hydrogen-bond acceptors (Lipinski definition) is 7. The van der Waals surface area contributed by atoms with Gasteiger partial charge in [-0.05, 0) is 48.0 Å². The number of hydrogen-bond donors (Lipinski definition) is 5. The van der Waals surface area contributed by atoms with Crippen molar-refractivity contribution >= 4 is 33.6 Å². The van der Waals surface area contributed by atoms with Crippen LogP contribution in [0.1, 0.15) is 51.4 Å². The summed E-state index contributed by atoms with van der Waals surface area (Å²) in [6.07, 6.45) is -2.59. The van der Waals surface area contributed by atoms with Gasteiger partial charge >= 0.3 is 0 Å². The van der Waals surface area contributed by atoms with E-state index in [4.69, 9.17) is 9.84 Å². The average molecular weight is 549 g/mol. The van der Waals surface area contributed by atoms with Gasteiger partial charge in [0.25, 0.3) is 5.91 Å². The molecule has 5 N–H and O–H groups in total. The minimum absolute atomic E-state index is 0.171. The van der Waals surface area contributed by atoms with Crippen molar-refractivity contribution in [2.45, 2.75) is 36.4 Å². The summed E-state index contributed by atoms with van der Waals surface area (Å²) in [5.41, 5.74) is 2.70. The second-order valence-electron chi connectivity index (χ2n) is 9.94. The highest BCUT2D eigenvalue weighted by Gasteiger charge is 2.40. The molecule has 0 fully saturated rings. The van der Waals surface area contributed by atoms with E-state index in [0.717, 1.165) is 5.56 Å². The molecule has 0 bridgehead atoms. The number of aromatic amines is 1. The second kappa shape index (κ2) is 10.4. The van der Waals surface area contributed by atoms with Gasteiger partial charge in [-0.1, -0.05) is 38.1 Å². The van der Waals surface area contributed by atoms with Crippen molar-refractivity contribution in [1.82, 2.24) is 9.71 Å². The number of aliphatic hydroxyl groups is 3. The molecule has 0 saturated heterocycles. The van der Waals surface area contributed by atoms with Gasteiger partial charge in [0, 0.05) is 33.1 Å². The van der Waals surface area contributed by atoms with E-state index in [0.29, 0.717) is 43.9 Å². The maximum Gasteiger partial charge on any atom is 0.263 e. The molecule has 0 radical (unpaired) electrons. The van der Waals surface area contributed by atoms with E-state index >= 15 is 0 Å². The van der Waals surface area contributed by atoms with Gasteiger partial charge in [-0.3, -0.25) is 14.3 Å². The van der Waals surface area contributed by atoms with Gasteiger partial charge in [0.05, 0.1) is 17.1 Å². The molecule has 1 aliphatic carbocycles. The Morgan fingerprint density at radius 3 is 2.51 bits per heavy atom. The molecular formula is C29H28N2O7S. The molecule has 1 unspecified atom stereocenters. The first-order valence-corrected chi connectivity index (χ1v) is 13.5. The summed E-state index contributed by atoms with van der Waals surface area (Å²) >= 11 is 0. The molecule has 202 valence electrons. The van der Waals surface area contributed by atoms with Gasteiger partial charge < -0.3 is 25.0 Å². The summed E-state index contributed by atoms with van der Waals surface area (Å²) in [7, 11) is -1.71. The molecule has 4 aromatic rings. The van der Waals surface area contributed by atoms with Crippen LogP contribution in [-0.4, -0.2) is 61.6 Å². The fraction of sp³-hybridized carbons (Fsp3) is 0.241. The van der Waals surface area contributed by atoms with E-state index in [9.17, 15) is 24.0 Å². The van der Waals surface area contributed by atoms with E-state index in [2.05, 4.69) is 9.71 Å². The zero-order valence-corrected chi connectivity index (χ0v) is 22.1. The number of aliphatic hydroxyl groups excluding tert-OH is 3. The first kappa shape index (κ1) is 26.8. The van der Waals surface area contributed by atoms with Crippen LogP contribution in [-0.2, 0) is 16.4 Å². The quantitative estimate of drug-likeness (QED) is 0.227. The van der Waals surface area contributed by atoms with Gasteiger partial charge in [-0.15, -0.1) is 0 Å². The largest absolute Gasteiger partial charge is 0.491 e. The van der Waals surface area contributed by atoms with Gasteiger partial charge in [-0.25, -0.2) is 4.21 Å². The number of H-pyrrole nitrogens is 1. The van der Waals surface area contributed by atoms with Crippen LogP contribution in [0, 0.1) is 0 Å². The Balaban J connectivity index is 1.44. The zero-order chi connectivity index (χ0) is 27.9. The topological polar surface area (TPSA) is 149 Å². The lowest BCUT2D eigenvalue weighted by Gasteiger charge is -2.32. The Morgan fingerprint density at radius 2 is 1.79 bits per heavy atom. The molecule has 1 heterocycles. The Kier molecular flexibility index (Phi) is 7.13. The summed E-state index contributed by atoms with van der Waals surface area (Å²) in [6, 6.07) is 18.6. The molecule has 5 rings (SSSR count). The molecule has 3 aromatic carbocycles. The molecule has 39 heavy (non-hydrogen) atoms. The average Bonchev–Trinajstić information content (AvgIpc) is 3.35. The number of benzene rings is 3. The first-order chi connectivity index (χ1) is 18.6. The Labute approximate surface area is 227 Å². The van der Waals surface area contributed by atoms with Crippen molar-refractivity contribution < 1.29 is 33.9 Å². The normalized spacial score (nSPS) is 16.2.